The predicted octanol–water partition coefficient (Wildman–Crippen LogP) is 5.17. The van der Waals surface area contributed by atoms with Gasteiger partial charge in [0.25, 0.3) is 5.91 Å². The molecule has 0 bridgehead atoms. The summed E-state index contributed by atoms with van der Waals surface area (Å²) >= 11 is 0. The van der Waals surface area contributed by atoms with Crippen LogP contribution in [0.15, 0.2) is 48.7 Å². The summed E-state index contributed by atoms with van der Waals surface area (Å²) in [5.74, 6) is -1.82. The van der Waals surface area contributed by atoms with Crippen LogP contribution >= 0.6 is 0 Å². The molecule has 0 spiro atoms. The van der Waals surface area contributed by atoms with Gasteiger partial charge in [-0.3, -0.25) is 4.79 Å². The minimum Gasteiger partial charge on any atom is -0.459 e. The van der Waals surface area contributed by atoms with Gasteiger partial charge in [-0.1, -0.05) is 13.8 Å². The summed E-state index contributed by atoms with van der Waals surface area (Å²) in [5, 5.41) is 0.643. The van der Waals surface area contributed by atoms with Crippen LogP contribution in [0.5, 0.6) is 0 Å². The summed E-state index contributed by atoms with van der Waals surface area (Å²) < 4.78 is 32.9. The van der Waals surface area contributed by atoms with E-state index in [0.717, 1.165) is 5.56 Å². The van der Waals surface area contributed by atoms with Crippen LogP contribution in [-0.4, -0.2) is 34.4 Å². The molecular formula is C25H24F2N2O3. The van der Waals surface area contributed by atoms with Crippen molar-refractivity contribution in [2.24, 2.45) is 0 Å². The normalized spacial score (nSPS) is 15.3. The predicted molar refractivity (Wildman–Crippen MR) is 118 cm³/mol. The lowest BCUT2D eigenvalue weighted by Crippen LogP contribution is -2.37. The zero-order chi connectivity index (χ0) is 23.2. The molecule has 1 aliphatic rings. The Hall–Kier alpha value is -3.48. The Morgan fingerprint density at radius 3 is 2.38 bits per heavy atom. The summed E-state index contributed by atoms with van der Waals surface area (Å²) in [6.07, 6.45) is 1.10. The van der Waals surface area contributed by atoms with Crippen LogP contribution in [0.25, 0.3) is 16.5 Å². The van der Waals surface area contributed by atoms with Crippen LogP contribution in [0.3, 0.4) is 0 Å². The Morgan fingerprint density at radius 1 is 1.06 bits per heavy atom. The quantitative estimate of drug-likeness (QED) is 0.574. The van der Waals surface area contributed by atoms with E-state index in [1.165, 1.54) is 47.5 Å². The molecule has 4 rings (SSSR count). The highest BCUT2D eigenvalue weighted by atomic mass is 19.1. The Bertz CT molecular complexity index is 1240. The van der Waals surface area contributed by atoms with E-state index in [1.54, 1.807) is 19.9 Å². The van der Waals surface area contributed by atoms with E-state index in [2.05, 4.69) is 4.98 Å². The molecule has 0 atom stereocenters. The third-order valence-electron chi connectivity index (χ3n) is 5.47. The van der Waals surface area contributed by atoms with Gasteiger partial charge in [-0.2, -0.15) is 0 Å². The lowest BCUT2D eigenvalue weighted by Gasteiger charge is -2.29. The number of ether oxygens (including phenoxy) is 1. The monoisotopic (exact) mass is 438 g/mol. The van der Waals surface area contributed by atoms with Gasteiger partial charge in [0.15, 0.2) is 0 Å². The van der Waals surface area contributed by atoms with Gasteiger partial charge in [0, 0.05) is 34.6 Å². The number of hydrogen-bond donors (Lipinski definition) is 1. The average Bonchev–Trinajstić information content (AvgIpc) is 3.04. The molecule has 3 aromatic rings. The number of H-pyrrole nitrogens is 1. The highest BCUT2D eigenvalue weighted by Crippen LogP contribution is 2.40. The van der Waals surface area contributed by atoms with E-state index in [0.29, 0.717) is 16.6 Å². The number of rotatable bonds is 3. The van der Waals surface area contributed by atoms with E-state index in [1.807, 2.05) is 13.8 Å². The van der Waals surface area contributed by atoms with Gasteiger partial charge >= 0.3 is 5.97 Å². The van der Waals surface area contributed by atoms with Crippen molar-refractivity contribution in [2.45, 2.75) is 39.2 Å². The maximum Gasteiger partial charge on any atom is 0.342 e. The van der Waals surface area contributed by atoms with Crippen LogP contribution in [-0.2, 0) is 14.9 Å². The molecule has 0 radical (unpaired) electrons. The van der Waals surface area contributed by atoms with E-state index in [-0.39, 0.29) is 29.7 Å². The molecule has 2 heterocycles. The third-order valence-corrected chi connectivity index (χ3v) is 5.47. The molecule has 1 amide bonds. The van der Waals surface area contributed by atoms with Crippen LogP contribution in [0.1, 0.15) is 49.3 Å². The van der Waals surface area contributed by atoms with Crippen molar-refractivity contribution in [1.82, 2.24) is 9.88 Å². The van der Waals surface area contributed by atoms with Crippen molar-refractivity contribution in [3.63, 3.8) is 0 Å². The maximum absolute atomic E-state index is 14.1. The van der Waals surface area contributed by atoms with Gasteiger partial charge in [0.2, 0.25) is 0 Å². The third kappa shape index (κ3) is 3.90. The Morgan fingerprint density at radius 2 is 1.72 bits per heavy atom. The average molecular weight is 438 g/mol. The zero-order valence-corrected chi connectivity index (χ0v) is 18.3. The van der Waals surface area contributed by atoms with E-state index < -0.39 is 23.0 Å². The molecule has 5 nitrogen and oxygen atoms in total. The number of hydrogen-bond acceptors (Lipinski definition) is 3. The molecule has 0 unspecified atom stereocenters. The molecule has 32 heavy (non-hydrogen) atoms. The molecule has 0 saturated carbocycles. The van der Waals surface area contributed by atoms with Crippen LogP contribution < -0.4 is 0 Å². The largest absolute Gasteiger partial charge is 0.459 e. The molecule has 1 aromatic heterocycles. The number of amides is 1. The molecule has 2 aromatic carbocycles. The number of aromatic nitrogens is 1. The topological polar surface area (TPSA) is 62.4 Å². The number of fused-ring (bicyclic) bond motifs is 3. The summed E-state index contributed by atoms with van der Waals surface area (Å²) in [6, 6.07) is 9.64. The van der Waals surface area contributed by atoms with Gasteiger partial charge in [-0.05, 0) is 61.9 Å². The second-order valence-electron chi connectivity index (χ2n) is 8.89. The van der Waals surface area contributed by atoms with Gasteiger partial charge in [0.1, 0.15) is 11.6 Å². The Kier molecular flexibility index (Phi) is 5.36. The first-order valence-corrected chi connectivity index (χ1v) is 10.4. The zero-order valence-electron chi connectivity index (χ0n) is 18.3. The van der Waals surface area contributed by atoms with Crippen molar-refractivity contribution in [3.05, 3.63) is 77.1 Å². The fourth-order valence-electron chi connectivity index (χ4n) is 4.16. The summed E-state index contributed by atoms with van der Waals surface area (Å²) in [4.78, 5) is 31.0. The van der Waals surface area contributed by atoms with Gasteiger partial charge in [-0.15, -0.1) is 0 Å². The number of nitrogens with zero attached hydrogens (tertiary/aromatic N) is 1. The lowest BCUT2D eigenvalue weighted by atomic mass is 9.81. The molecular weight excluding hydrogens is 414 g/mol. The van der Waals surface area contributed by atoms with Crippen molar-refractivity contribution < 1.29 is 23.1 Å². The van der Waals surface area contributed by atoms with Crippen molar-refractivity contribution in [1.29, 1.82) is 0 Å². The first-order chi connectivity index (χ1) is 15.1. The number of nitrogens with one attached hydrogen (secondary N) is 1. The van der Waals surface area contributed by atoms with Crippen LogP contribution in [0.2, 0.25) is 0 Å². The van der Waals surface area contributed by atoms with Crippen molar-refractivity contribution in [3.8, 4) is 0 Å². The molecule has 1 N–H and O–H groups in total. The Labute approximate surface area is 184 Å². The smallest absolute Gasteiger partial charge is 0.342 e. The number of benzene rings is 2. The molecule has 166 valence electrons. The first-order valence-electron chi connectivity index (χ1n) is 10.4. The van der Waals surface area contributed by atoms with E-state index >= 15 is 0 Å². The van der Waals surface area contributed by atoms with Gasteiger partial charge < -0.3 is 14.6 Å². The second-order valence-corrected chi connectivity index (χ2v) is 8.89. The van der Waals surface area contributed by atoms with Gasteiger partial charge in [-0.25, -0.2) is 13.6 Å². The standard InChI is InChI=1S/C25H24F2N2O3/c1-14(2)32-24(31)19-12-29(23(30)15-5-7-16(26)8-6-15)13-25(3,4)21-18-11-17(27)9-10-20(18)28-22(19)21/h5-12,14,28H,13H2,1-4H3. The summed E-state index contributed by atoms with van der Waals surface area (Å²) in [5.41, 5.74) is 1.73. The van der Waals surface area contributed by atoms with Crippen molar-refractivity contribution >= 4 is 28.4 Å². The fourth-order valence-corrected chi connectivity index (χ4v) is 4.16. The first kappa shape index (κ1) is 21.7. The highest BCUT2D eigenvalue weighted by Gasteiger charge is 2.37. The molecule has 0 aliphatic carbocycles. The maximum atomic E-state index is 14.1. The fraction of sp³-hybridized carbons (Fsp3) is 0.280. The van der Waals surface area contributed by atoms with Crippen LogP contribution in [0, 0.1) is 11.6 Å². The highest BCUT2D eigenvalue weighted by molar-refractivity contribution is 6.18. The summed E-state index contributed by atoms with van der Waals surface area (Å²) in [7, 11) is 0. The number of halogens is 2. The van der Waals surface area contributed by atoms with Crippen molar-refractivity contribution in [2.75, 3.05) is 6.54 Å². The number of carbonyl (C=O) groups is 2. The van der Waals surface area contributed by atoms with Gasteiger partial charge in [0.05, 0.1) is 17.4 Å². The van der Waals surface area contributed by atoms with E-state index in [9.17, 15) is 18.4 Å². The number of esters is 1. The second kappa shape index (κ2) is 7.89. The number of carbonyl (C=O) groups excluding carboxylic acids is 2. The molecule has 7 heteroatoms. The van der Waals surface area contributed by atoms with E-state index in [4.69, 9.17) is 4.74 Å². The molecule has 0 saturated heterocycles. The lowest BCUT2D eigenvalue weighted by molar-refractivity contribution is -0.140. The van der Waals surface area contributed by atoms with Crippen LogP contribution in [0.4, 0.5) is 8.78 Å². The Balaban J connectivity index is 1.90. The molecule has 0 fully saturated rings. The molecule has 1 aliphatic heterocycles. The summed E-state index contributed by atoms with van der Waals surface area (Å²) in [6.45, 7) is 7.56. The minimum atomic E-state index is -0.645. The SMILES string of the molecule is CC(C)OC(=O)C1=CN(C(=O)c2ccc(F)cc2)CC(C)(C)c2c1[nH]c1ccc(F)cc21. The minimum absolute atomic E-state index is 0.173. The number of aromatic amines is 1.